The number of fused-ring (bicyclic) bond motifs is 1. The largest absolute Gasteiger partial charge is 0.444 e. The number of hydrogen-bond donors (Lipinski definition) is 1. The van der Waals surface area contributed by atoms with Crippen molar-refractivity contribution in [2.45, 2.75) is 57.1 Å². The Morgan fingerprint density at radius 3 is 2.63 bits per heavy atom. The van der Waals surface area contributed by atoms with E-state index in [2.05, 4.69) is 20.3 Å². The topological polar surface area (TPSA) is 119 Å². The zero-order valence-electron chi connectivity index (χ0n) is 23.1. The van der Waals surface area contributed by atoms with Gasteiger partial charge in [0.25, 0.3) is 10.0 Å². The fraction of sp³-hybridized carbons (Fsp3) is 0.357. The number of aryl methyl sites for hydroxylation is 1. The third-order valence-corrected chi connectivity index (χ3v) is 8.42. The molecule has 0 radical (unpaired) electrons. The Morgan fingerprint density at radius 2 is 1.90 bits per heavy atom. The molecular weight excluding hydrogens is 554 g/mol. The highest BCUT2D eigenvalue weighted by molar-refractivity contribution is 7.90. The van der Waals surface area contributed by atoms with Crippen molar-refractivity contribution in [3.05, 3.63) is 66.1 Å². The molecule has 1 atom stereocenters. The first-order valence-electron chi connectivity index (χ1n) is 13.1. The van der Waals surface area contributed by atoms with Gasteiger partial charge < -0.3 is 15.0 Å². The van der Waals surface area contributed by atoms with Gasteiger partial charge in [-0.3, -0.25) is 0 Å². The maximum absolute atomic E-state index is 14.9. The maximum Gasteiger partial charge on any atom is 0.410 e. The molecule has 41 heavy (non-hydrogen) atoms. The van der Waals surface area contributed by atoms with Crippen LogP contribution < -0.4 is 5.32 Å². The fourth-order valence-electron chi connectivity index (χ4n) is 4.75. The summed E-state index contributed by atoms with van der Waals surface area (Å²) in [4.78, 5) is 26.7. The van der Waals surface area contributed by atoms with Gasteiger partial charge in [0.1, 0.15) is 11.4 Å². The molecule has 4 aromatic rings. The van der Waals surface area contributed by atoms with Crippen LogP contribution in [0.25, 0.3) is 22.4 Å². The summed E-state index contributed by atoms with van der Waals surface area (Å²) in [5, 5.41) is 3.19. The Kier molecular flexibility index (Phi) is 7.41. The lowest BCUT2D eigenvalue weighted by Gasteiger charge is -2.34. The average molecular weight is 585 g/mol. The summed E-state index contributed by atoms with van der Waals surface area (Å²) in [6.07, 6.45) is 4.02. The third-order valence-electron chi connectivity index (χ3n) is 6.61. The molecule has 1 aromatic carbocycles. The van der Waals surface area contributed by atoms with Crippen molar-refractivity contribution < 1.29 is 26.7 Å². The van der Waals surface area contributed by atoms with E-state index < -0.39 is 33.4 Å². The predicted octanol–water partition coefficient (Wildman–Crippen LogP) is 5.13. The second-order valence-corrected chi connectivity index (χ2v) is 12.7. The van der Waals surface area contributed by atoms with Gasteiger partial charge in [0.2, 0.25) is 0 Å². The van der Waals surface area contributed by atoms with Crippen LogP contribution in [0.1, 0.15) is 39.2 Å². The lowest BCUT2D eigenvalue weighted by Crippen LogP contribution is -2.47. The van der Waals surface area contributed by atoms with Crippen molar-refractivity contribution in [3.63, 3.8) is 0 Å². The maximum atomic E-state index is 14.9. The van der Waals surface area contributed by atoms with E-state index in [1.165, 1.54) is 12.3 Å². The predicted molar refractivity (Wildman–Crippen MR) is 149 cm³/mol. The van der Waals surface area contributed by atoms with E-state index in [9.17, 15) is 22.0 Å². The Balaban J connectivity index is 1.50. The molecule has 1 amide bonds. The molecule has 10 nitrogen and oxygen atoms in total. The molecule has 0 spiro atoms. The lowest BCUT2D eigenvalue weighted by atomic mass is 10.1. The number of carbonyl (C=O) groups is 1. The number of carbonyl (C=O) groups excluding carboxylic acids is 1. The van der Waals surface area contributed by atoms with Gasteiger partial charge in [0.15, 0.2) is 23.1 Å². The van der Waals surface area contributed by atoms with Crippen molar-refractivity contribution in [1.82, 2.24) is 23.8 Å². The van der Waals surface area contributed by atoms with E-state index in [1.807, 2.05) is 0 Å². The highest BCUT2D eigenvalue weighted by Crippen LogP contribution is 2.32. The third kappa shape index (κ3) is 5.85. The second-order valence-electron chi connectivity index (χ2n) is 10.9. The van der Waals surface area contributed by atoms with E-state index >= 15 is 0 Å². The van der Waals surface area contributed by atoms with Gasteiger partial charge in [-0.05, 0) is 58.2 Å². The zero-order chi connectivity index (χ0) is 29.5. The molecule has 1 aliphatic rings. The van der Waals surface area contributed by atoms with Crippen LogP contribution in [0.15, 0.2) is 53.8 Å². The van der Waals surface area contributed by atoms with Gasteiger partial charge in [-0.2, -0.15) is 0 Å². The highest BCUT2D eigenvalue weighted by Gasteiger charge is 2.29. The molecule has 0 saturated carbocycles. The van der Waals surface area contributed by atoms with Crippen LogP contribution in [0.2, 0.25) is 0 Å². The van der Waals surface area contributed by atoms with Gasteiger partial charge in [-0.15, -0.1) is 0 Å². The van der Waals surface area contributed by atoms with Gasteiger partial charge in [0.05, 0.1) is 17.3 Å². The molecule has 1 fully saturated rings. The van der Waals surface area contributed by atoms with E-state index in [0.29, 0.717) is 24.9 Å². The summed E-state index contributed by atoms with van der Waals surface area (Å²) in [6, 6.07) is 7.29. The van der Waals surface area contributed by atoms with Gasteiger partial charge in [-0.1, -0.05) is 18.2 Å². The van der Waals surface area contributed by atoms with Gasteiger partial charge >= 0.3 is 6.09 Å². The molecule has 1 saturated heterocycles. The van der Waals surface area contributed by atoms with Crippen LogP contribution >= 0.6 is 0 Å². The number of hydrogen-bond acceptors (Lipinski definition) is 8. The number of benzene rings is 1. The number of pyridine rings is 1. The molecule has 1 aliphatic heterocycles. The summed E-state index contributed by atoms with van der Waals surface area (Å²) < 4.78 is 62.9. The van der Waals surface area contributed by atoms with Crippen molar-refractivity contribution in [2.75, 3.05) is 18.4 Å². The molecule has 5 rings (SSSR count). The first-order chi connectivity index (χ1) is 19.3. The number of nitrogens with one attached hydrogen (secondary N) is 1. The summed E-state index contributed by atoms with van der Waals surface area (Å²) in [5.41, 5.74) is 0.0136. The summed E-state index contributed by atoms with van der Waals surface area (Å²) in [6.45, 7) is 7.81. The standard InChI is InChI=1S/C28H30F2N6O4S/c1-17-8-5-6-10-23(17)41(38,39)36-16-21(20-12-18(29)13-32-26(20)36)24-31-14-22(30)25(34-24)33-19-9-7-11-35(15-19)27(37)40-28(2,3)4/h5-6,8,10,12-14,16,19H,7,9,11,15H2,1-4H3,(H,31,33,34)/t19-/m1/s1. The van der Waals surface area contributed by atoms with Crippen LogP contribution in [0, 0.1) is 18.6 Å². The first-order valence-corrected chi connectivity index (χ1v) is 14.5. The summed E-state index contributed by atoms with van der Waals surface area (Å²) in [7, 11) is -4.13. The van der Waals surface area contributed by atoms with Crippen LogP contribution in [0.4, 0.5) is 19.4 Å². The minimum Gasteiger partial charge on any atom is -0.444 e. The van der Waals surface area contributed by atoms with Crippen molar-refractivity contribution >= 4 is 33.0 Å². The molecular formula is C28H30F2N6O4S. The summed E-state index contributed by atoms with van der Waals surface area (Å²) >= 11 is 0. The minimum absolute atomic E-state index is 0.0210. The lowest BCUT2D eigenvalue weighted by molar-refractivity contribution is 0.0206. The van der Waals surface area contributed by atoms with Crippen molar-refractivity contribution in [2.24, 2.45) is 0 Å². The normalized spacial score (nSPS) is 16.1. The highest BCUT2D eigenvalue weighted by atomic mass is 32.2. The number of rotatable bonds is 5. The number of amides is 1. The van der Waals surface area contributed by atoms with Gasteiger partial charge in [0, 0.05) is 36.3 Å². The molecule has 0 bridgehead atoms. The Labute approximate surface area is 236 Å². The monoisotopic (exact) mass is 584 g/mol. The second kappa shape index (κ2) is 10.7. The van der Waals surface area contributed by atoms with Crippen LogP contribution in [-0.2, 0) is 14.8 Å². The molecule has 0 unspecified atom stereocenters. The van der Waals surface area contributed by atoms with E-state index in [4.69, 9.17) is 4.74 Å². The first kappa shape index (κ1) is 28.4. The molecule has 4 heterocycles. The number of halogens is 2. The summed E-state index contributed by atoms with van der Waals surface area (Å²) in [5.74, 6) is -1.57. The van der Waals surface area contributed by atoms with Crippen LogP contribution in [0.5, 0.6) is 0 Å². The SMILES string of the molecule is Cc1ccccc1S(=O)(=O)n1cc(-c2ncc(F)c(N[C@@H]3CCCN(C(=O)OC(C)(C)C)C3)n2)c2cc(F)cnc21. The Bertz CT molecular complexity index is 1740. The average Bonchev–Trinajstić information content (AvgIpc) is 3.29. The molecule has 1 N–H and O–H groups in total. The fourth-order valence-corrected chi connectivity index (χ4v) is 6.30. The Morgan fingerprint density at radius 1 is 1.15 bits per heavy atom. The molecule has 3 aromatic heterocycles. The number of ether oxygens (including phenoxy) is 1. The number of anilines is 1. The zero-order valence-corrected chi connectivity index (χ0v) is 23.9. The number of nitrogens with zero attached hydrogens (tertiary/aromatic N) is 5. The molecule has 0 aliphatic carbocycles. The smallest absolute Gasteiger partial charge is 0.410 e. The van der Waals surface area contributed by atoms with Gasteiger partial charge in [-0.25, -0.2) is 40.9 Å². The Hall–Kier alpha value is -4.13. The number of likely N-dealkylation sites (tertiary alicyclic amines) is 1. The van der Waals surface area contributed by atoms with Crippen molar-refractivity contribution in [1.29, 1.82) is 0 Å². The van der Waals surface area contributed by atoms with Crippen LogP contribution in [-0.4, -0.2) is 63.1 Å². The molecule has 216 valence electrons. The number of aromatic nitrogens is 4. The quantitative estimate of drug-likeness (QED) is 0.343. The minimum atomic E-state index is -4.13. The van der Waals surface area contributed by atoms with E-state index in [0.717, 1.165) is 22.4 Å². The van der Waals surface area contributed by atoms with E-state index in [-0.39, 0.29) is 45.7 Å². The van der Waals surface area contributed by atoms with Crippen LogP contribution in [0.3, 0.4) is 0 Å². The number of piperidine rings is 1. The van der Waals surface area contributed by atoms with Crippen molar-refractivity contribution in [3.8, 4) is 11.4 Å². The molecule has 13 heteroatoms. The van der Waals surface area contributed by atoms with E-state index in [1.54, 1.807) is 50.8 Å².